The van der Waals surface area contributed by atoms with Crippen LogP contribution >= 0.6 is 11.3 Å². The van der Waals surface area contributed by atoms with Crippen LogP contribution < -0.4 is 5.32 Å². The molecule has 0 saturated heterocycles. The van der Waals surface area contributed by atoms with Gasteiger partial charge < -0.3 is 5.32 Å². The highest BCUT2D eigenvalue weighted by Gasteiger charge is 2.12. The van der Waals surface area contributed by atoms with Crippen LogP contribution in [-0.2, 0) is 12.8 Å². The molecule has 1 heterocycles. The van der Waals surface area contributed by atoms with E-state index in [1.807, 2.05) is 0 Å². The molecular formula is C17H24N2S. The standard InChI is InChI=1S/C17H24N2S/c1-4-8-18-16(11-17-19-14(3)12-20-17)10-15-7-5-6-13(2)9-15/h5-7,9,12,16,18H,4,8,10-11H2,1-3H3. The Morgan fingerprint density at radius 2 is 2.10 bits per heavy atom. The Bertz CT molecular complexity index is 533. The lowest BCUT2D eigenvalue weighted by Crippen LogP contribution is -2.33. The van der Waals surface area contributed by atoms with Gasteiger partial charge in [-0.05, 0) is 38.8 Å². The summed E-state index contributed by atoms with van der Waals surface area (Å²) in [5.41, 5.74) is 3.88. The first-order valence-electron chi connectivity index (χ1n) is 7.37. The Labute approximate surface area is 126 Å². The van der Waals surface area contributed by atoms with E-state index in [-0.39, 0.29) is 0 Å². The molecule has 1 unspecified atom stereocenters. The van der Waals surface area contributed by atoms with E-state index in [0.717, 1.165) is 25.1 Å². The van der Waals surface area contributed by atoms with Crippen LogP contribution in [0.3, 0.4) is 0 Å². The third-order valence-corrected chi connectivity index (χ3v) is 4.32. The summed E-state index contributed by atoms with van der Waals surface area (Å²) in [5, 5.41) is 7.04. The SMILES string of the molecule is CCCNC(Cc1cccc(C)c1)Cc1nc(C)cs1. The number of aromatic nitrogens is 1. The normalized spacial score (nSPS) is 12.6. The Balaban J connectivity index is 2.02. The zero-order valence-electron chi connectivity index (χ0n) is 12.6. The van der Waals surface area contributed by atoms with Gasteiger partial charge in [-0.2, -0.15) is 0 Å². The molecule has 0 radical (unpaired) electrons. The molecule has 0 saturated carbocycles. The van der Waals surface area contributed by atoms with Crippen molar-refractivity contribution in [2.24, 2.45) is 0 Å². The van der Waals surface area contributed by atoms with Gasteiger partial charge >= 0.3 is 0 Å². The fourth-order valence-corrected chi connectivity index (χ4v) is 3.25. The number of thiazole rings is 1. The number of benzene rings is 1. The van der Waals surface area contributed by atoms with Crippen LogP contribution in [0.2, 0.25) is 0 Å². The van der Waals surface area contributed by atoms with E-state index in [0.29, 0.717) is 6.04 Å². The summed E-state index contributed by atoms with van der Waals surface area (Å²) in [6.07, 6.45) is 3.26. The van der Waals surface area contributed by atoms with E-state index in [4.69, 9.17) is 0 Å². The molecule has 108 valence electrons. The summed E-state index contributed by atoms with van der Waals surface area (Å²) in [5.74, 6) is 0. The minimum Gasteiger partial charge on any atom is -0.313 e. The van der Waals surface area contributed by atoms with E-state index >= 15 is 0 Å². The summed E-state index contributed by atoms with van der Waals surface area (Å²) in [7, 11) is 0. The molecule has 0 aliphatic rings. The molecule has 1 N–H and O–H groups in total. The molecule has 20 heavy (non-hydrogen) atoms. The molecule has 3 heteroatoms. The largest absolute Gasteiger partial charge is 0.313 e. The fourth-order valence-electron chi connectivity index (χ4n) is 2.40. The second-order valence-electron chi connectivity index (χ2n) is 5.43. The molecule has 0 spiro atoms. The average molecular weight is 288 g/mol. The number of nitrogens with one attached hydrogen (secondary N) is 1. The minimum absolute atomic E-state index is 0.474. The summed E-state index contributed by atoms with van der Waals surface area (Å²) in [4.78, 5) is 4.60. The maximum absolute atomic E-state index is 4.60. The van der Waals surface area contributed by atoms with E-state index in [1.165, 1.54) is 22.6 Å². The zero-order valence-corrected chi connectivity index (χ0v) is 13.5. The van der Waals surface area contributed by atoms with Crippen LogP contribution in [0, 0.1) is 13.8 Å². The Kier molecular flexibility index (Phi) is 5.74. The minimum atomic E-state index is 0.474. The molecule has 0 fully saturated rings. The van der Waals surface area contributed by atoms with Gasteiger partial charge in [-0.1, -0.05) is 36.8 Å². The van der Waals surface area contributed by atoms with Crippen molar-refractivity contribution < 1.29 is 0 Å². The number of nitrogens with zero attached hydrogens (tertiary/aromatic N) is 1. The third kappa shape index (κ3) is 4.73. The van der Waals surface area contributed by atoms with Crippen molar-refractivity contribution in [3.63, 3.8) is 0 Å². The first kappa shape index (κ1) is 15.2. The molecular weight excluding hydrogens is 264 g/mol. The van der Waals surface area contributed by atoms with Gasteiger partial charge in [0.15, 0.2) is 0 Å². The molecule has 0 aliphatic heterocycles. The monoisotopic (exact) mass is 288 g/mol. The predicted molar refractivity (Wildman–Crippen MR) is 87.5 cm³/mol. The highest BCUT2D eigenvalue weighted by Crippen LogP contribution is 2.14. The van der Waals surface area contributed by atoms with E-state index < -0.39 is 0 Å². The van der Waals surface area contributed by atoms with Crippen LogP contribution in [0.5, 0.6) is 0 Å². The van der Waals surface area contributed by atoms with Crippen LogP contribution in [0.1, 0.15) is 35.2 Å². The van der Waals surface area contributed by atoms with Crippen molar-refractivity contribution in [2.75, 3.05) is 6.54 Å². The van der Waals surface area contributed by atoms with Crippen molar-refractivity contribution in [1.29, 1.82) is 0 Å². The van der Waals surface area contributed by atoms with E-state index in [9.17, 15) is 0 Å². The second kappa shape index (κ2) is 7.55. The van der Waals surface area contributed by atoms with Gasteiger partial charge in [-0.25, -0.2) is 4.98 Å². The molecule has 2 rings (SSSR count). The van der Waals surface area contributed by atoms with Crippen LogP contribution in [-0.4, -0.2) is 17.6 Å². The Morgan fingerprint density at radius 3 is 2.75 bits per heavy atom. The van der Waals surface area contributed by atoms with Gasteiger partial charge in [-0.3, -0.25) is 0 Å². The first-order chi connectivity index (χ1) is 9.67. The van der Waals surface area contributed by atoms with Crippen LogP contribution in [0.4, 0.5) is 0 Å². The molecule has 2 nitrogen and oxygen atoms in total. The van der Waals surface area contributed by atoms with E-state index in [1.54, 1.807) is 11.3 Å². The Morgan fingerprint density at radius 1 is 1.25 bits per heavy atom. The number of rotatable bonds is 7. The lowest BCUT2D eigenvalue weighted by atomic mass is 10.0. The summed E-state index contributed by atoms with van der Waals surface area (Å²) < 4.78 is 0. The third-order valence-electron chi connectivity index (χ3n) is 3.34. The highest BCUT2D eigenvalue weighted by molar-refractivity contribution is 7.09. The first-order valence-corrected chi connectivity index (χ1v) is 8.25. The molecule has 0 aliphatic carbocycles. The molecule has 0 bridgehead atoms. The van der Waals surface area contributed by atoms with Gasteiger partial charge in [-0.15, -0.1) is 11.3 Å². The quantitative estimate of drug-likeness (QED) is 0.835. The van der Waals surface area contributed by atoms with Gasteiger partial charge in [0.25, 0.3) is 0 Å². The van der Waals surface area contributed by atoms with Crippen LogP contribution in [0.25, 0.3) is 0 Å². The molecule has 1 aromatic heterocycles. The molecule has 1 atom stereocenters. The highest BCUT2D eigenvalue weighted by atomic mass is 32.1. The summed E-state index contributed by atoms with van der Waals surface area (Å²) >= 11 is 1.77. The fraction of sp³-hybridized carbons (Fsp3) is 0.471. The lowest BCUT2D eigenvalue weighted by Gasteiger charge is -2.17. The maximum Gasteiger partial charge on any atom is 0.0943 e. The van der Waals surface area contributed by atoms with Gasteiger partial charge in [0.2, 0.25) is 0 Å². The van der Waals surface area contributed by atoms with Crippen LogP contribution in [0.15, 0.2) is 29.6 Å². The second-order valence-corrected chi connectivity index (χ2v) is 6.37. The summed E-state index contributed by atoms with van der Waals surface area (Å²) in [6, 6.07) is 9.29. The summed E-state index contributed by atoms with van der Waals surface area (Å²) in [6.45, 7) is 7.50. The number of aryl methyl sites for hydroxylation is 2. The number of hydrogen-bond donors (Lipinski definition) is 1. The Hall–Kier alpha value is -1.19. The van der Waals surface area contributed by atoms with Crippen molar-refractivity contribution >= 4 is 11.3 Å². The molecule has 0 amide bonds. The smallest absolute Gasteiger partial charge is 0.0943 e. The number of hydrogen-bond acceptors (Lipinski definition) is 3. The van der Waals surface area contributed by atoms with Gasteiger partial charge in [0.1, 0.15) is 0 Å². The van der Waals surface area contributed by atoms with Crippen molar-refractivity contribution in [3.05, 3.63) is 51.5 Å². The van der Waals surface area contributed by atoms with Gasteiger partial charge in [0.05, 0.1) is 5.01 Å². The van der Waals surface area contributed by atoms with Crippen molar-refractivity contribution in [2.45, 2.75) is 46.1 Å². The van der Waals surface area contributed by atoms with Gasteiger partial charge in [0, 0.05) is 23.5 Å². The van der Waals surface area contributed by atoms with Crippen molar-refractivity contribution in [1.82, 2.24) is 10.3 Å². The lowest BCUT2D eigenvalue weighted by molar-refractivity contribution is 0.503. The molecule has 1 aromatic carbocycles. The maximum atomic E-state index is 4.60. The van der Waals surface area contributed by atoms with E-state index in [2.05, 4.69) is 60.7 Å². The zero-order chi connectivity index (χ0) is 14.4. The predicted octanol–water partition coefficient (Wildman–Crippen LogP) is 3.91. The van der Waals surface area contributed by atoms with Crippen molar-refractivity contribution in [3.8, 4) is 0 Å². The molecule has 2 aromatic rings. The topological polar surface area (TPSA) is 24.9 Å². The average Bonchev–Trinajstić information content (AvgIpc) is 2.81.